The summed E-state index contributed by atoms with van der Waals surface area (Å²) < 4.78 is 10.1. The van der Waals surface area contributed by atoms with E-state index in [0.717, 1.165) is 16.5 Å². The number of carbonyl (C=O) groups is 1. The Morgan fingerprint density at radius 2 is 2.10 bits per heavy atom. The lowest BCUT2D eigenvalue weighted by Gasteiger charge is -2.09. The number of ether oxygens (including phenoxy) is 2. The minimum Gasteiger partial charge on any atom is -0.508 e. The third-order valence-electron chi connectivity index (χ3n) is 3.36. The molecule has 3 rings (SSSR count). The average Bonchev–Trinajstić information content (AvgIpc) is 3.12. The van der Waals surface area contributed by atoms with Gasteiger partial charge in [0.2, 0.25) is 0 Å². The summed E-state index contributed by atoms with van der Waals surface area (Å²) in [7, 11) is 1.32. The van der Waals surface area contributed by atoms with Gasteiger partial charge in [0.05, 0.1) is 12.7 Å². The van der Waals surface area contributed by atoms with Crippen molar-refractivity contribution < 1.29 is 19.4 Å². The Morgan fingerprint density at radius 3 is 2.75 bits per heavy atom. The van der Waals surface area contributed by atoms with Gasteiger partial charge in [0.15, 0.2) is 6.23 Å². The van der Waals surface area contributed by atoms with Gasteiger partial charge in [0.1, 0.15) is 11.9 Å². The molecule has 1 fully saturated rings. The second-order valence-corrected chi connectivity index (χ2v) is 4.83. The quantitative estimate of drug-likeness (QED) is 0.664. The number of methoxy groups -OCH3 is 1. The van der Waals surface area contributed by atoms with E-state index in [1.54, 1.807) is 6.07 Å². The van der Waals surface area contributed by atoms with E-state index in [9.17, 15) is 9.90 Å². The first kappa shape index (κ1) is 12.7. The van der Waals surface area contributed by atoms with Crippen molar-refractivity contribution in [2.75, 3.05) is 12.4 Å². The molecular weight excluding hydrogens is 258 g/mol. The normalized spacial score (nSPS) is 20.7. The van der Waals surface area contributed by atoms with Gasteiger partial charge in [-0.3, -0.25) is 0 Å². The van der Waals surface area contributed by atoms with E-state index in [-0.39, 0.29) is 18.1 Å². The summed E-state index contributed by atoms with van der Waals surface area (Å²) in [5.74, 6) is -0.433. The van der Waals surface area contributed by atoms with Gasteiger partial charge < -0.3 is 19.9 Å². The molecule has 1 aliphatic rings. The molecule has 2 aromatic carbocycles. The number of aromatic hydroxyl groups is 1. The van der Waals surface area contributed by atoms with Crippen LogP contribution in [-0.2, 0) is 9.47 Å². The number of fused-ring (bicyclic) bond motifs is 1. The van der Waals surface area contributed by atoms with Crippen LogP contribution in [0.5, 0.6) is 5.75 Å². The number of hydrogen-bond acceptors (Lipinski definition) is 5. The number of phenolic OH excluding ortho intramolecular Hbond substituents is 1. The van der Waals surface area contributed by atoms with Crippen molar-refractivity contribution in [3.05, 3.63) is 35.9 Å². The Labute approximate surface area is 116 Å². The minimum absolute atomic E-state index is 0.0196. The highest BCUT2D eigenvalue weighted by molar-refractivity contribution is 6.06. The molecular formula is C15H15NO4. The van der Waals surface area contributed by atoms with Crippen molar-refractivity contribution in [2.24, 2.45) is 0 Å². The number of esters is 1. The van der Waals surface area contributed by atoms with Crippen molar-refractivity contribution >= 4 is 22.4 Å². The number of hydrogen-bond donors (Lipinski definition) is 2. The fourth-order valence-electron chi connectivity index (χ4n) is 2.21. The summed E-state index contributed by atoms with van der Waals surface area (Å²) in [6.07, 6.45) is 0.219. The Hall–Kier alpha value is -2.27. The molecule has 0 aromatic heterocycles. The molecule has 0 amide bonds. The highest BCUT2D eigenvalue weighted by Gasteiger charge is 2.33. The van der Waals surface area contributed by atoms with Crippen LogP contribution in [0.4, 0.5) is 5.69 Å². The molecule has 5 heteroatoms. The highest BCUT2D eigenvalue weighted by Crippen LogP contribution is 2.30. The second-order valence-electron chi connectivity index (χ2n) is 4.83. The fourth-order valence-corrected chi connectivity index (χ4v) is 2.21. The van der Waals surface area contributed by atoms with E-state index in [4.69, 9.17) is 9.47 Å². The topological polar surface area (TPSA) is 71.1 Å². The van der Waals surface area contributed by atoms with Crippen molar-refractivity contribution in [3.8, 4) is 5.75 Å². The Balaban J connectivity index is 2.06. The van der Waals surface area contributed by atoms with Gasteiger partial charge in [-0.1, -0.05) is 6.07 Å². The van der Waals surface area contributed by atoms with Crippen molar-refractivity contribution in [3.63, 3.8) is 0 Å². The minimum atomic E-state index is -0.473. The smallest absolute Gasteiger partial charge is 0.338 e. The third-order valence-corrected chi connectivity index (χ3v) is 3.36. The maximum Gasteiger partial charge on any atom is 0.338 e. The first-order chi connectivity index (χ1) is 9.58. The van der Waals surface area contributed by atoms with E-state index >= 15 is 0 Å². The average molecular weight is 273 g/mol. The van der Waals surface area contributed by atoms with Gasteiger partial charge in [-0.2, -0.15) is 0 Å². The molecule has 1 heterocycles. The van der Waals surface area contributed by atoms with E-state index < -0.39 is 5.97 Å². The van der Waals surface area contributed by atoms with Crippen LogP contribution in [0.3, 0.4) is 0 Å². The molecule has 2 aromatic rings. The van der Waals surface area contributed by atoms with Gasteiger partial charge >= 0.3 is 5.97 Å². The number of nitrogens with one attached hydrogen (secondary N) is 1. The largest absolute Gasteiger partial charge is 0.508 e. The van der Waals surface area contributed by atoms with Crippen LogP contribution >= 0.6 is 0 Å². The zero-order chi connectivity index (χ0) is 14.3. The lowest BCUT2D eigenvalue weighted by atomic mass is 10.0. The zero-order valence-corrected chi connectivity index (χ0v) is 11.2. The lowest BCUT2D eigenvalue weighted by molar-refractivity contribution is 0.0602. The Morgan fingerprint density at radius 1 is 1.35 bits per heavy atom. The summed E-state index contributed by atoms with van der Waals surface area (Å²) in [5.41, 5.74) is 1.21. The molecule has 0 spiro atoms. The van der Waals surface area contributed by atoms with E-state index in [1.165, 1.54) is 13.2 Å². The summed E-state index contributed by atoms with van der Waals surface area (Å²) in [5, 5.41) is 14.4. The summed E-state index contributed by atoms with van der Waals surface area (Å²) >= 11 is 0. The number of phenols is 1. The molecule has 1 aliphatic heterocycles. The zero-order valence-electron chi connectivity index (χ0n) is 11.2. The van der Waals surface area contributed by atoms with Gasteiger partial charge in [-0.25, -0.2) is 4.79 Å². The number of carbonyl (C=O) groups excluding carboxylic acids is 1. The molecule has 2 atom stereocenters. The van der Waals surface area contributed by atoms with Crippen LogP contribution in [0, 0.1) is 0 Å². The lowest BCUT2D eigenvalue weighted by Crippen LogP contribution is -2.06. The first-order valence-electron chi connectivity index (χ1n) is 6.35. The van der Waals surface area contributed by atoms with E-state index in [0.29, 0.717) is 5.56 Å². The van der Waals surface area contributed by atoms with Crippen molar-refractivity contribution in [1.29, 1.82) is 0 Å². The molecule has 0 radical (unpaired) electrons. The predicted octanol–water partition coefficient (Wildman–Crippen LogP) is 2.49. The molecule has 0 bridgehead atoms. The maximum absolute atomic E-state index is 11.8. The standard InChI is InChI=1S/C15H15NO4/c1-8-14(20-8)16-10-4-3-9-5-11(17)7-13(12(9)6-10)15(18)19-2/h3-8,14,16-17H,1-2H3. The van der Waals surface area contributed by atoms with E-state index in [2.05, 4.69) is 5.32 Å². The first-order valence-corrected chi connectivity index (χ1v) is 6.35. The summed E-state index contributed by atoms with van der Waals surface area (Å²) in [6, 6.07) is 8.61. The van der Waals surface area contributed by atoms with Crippen LogP contribution in [0.15, 0.2) is 30.3 Å². The molecule has 1 saturated heterocycles. The number of benzene rings is 2. The molecule has 2 N–H and O–H groups in total. The SMILES string of the molecule is COC(=O)c1cc(O)cc2ccc(NC3OC3C)cc12. The molecule has 2 unspecified atom stereocenters. The third kappa shape index (κ3) is 2.28. The number of epoxide rings is 1. The monoisotopic (exact) mass is 273 g/mol. The predicted molar refractivity (Wildman–Crippen MR) is 74.9 cm³/mol. The van der Waals surface area contributed by atoms with Crippen LogP contribution < -0.4 is 5.32 Å². The van der Waals surface area contributed by atoms with E-state index in [1.807, 2.05) is 25.1 Å². The second kappa shape index (κ2) is 4.68. The van der Waals surface area contributed by atoms with Gasteiger partial charge in [-0.15, -0.1) is 0 Å². The highest BCUT2D eigenvalue weighted by atomic mass is 16.6. The summed E-state index contributed by atoms with van der Waals surface area (Å²) in [4.78, 5) is 11.8. The fraction of sp³-hybridized carbons (Fsp3) is 0.267. The van der Waals surface area contributed by atoms with Crippen LogP contribution in [0.1, 0.15) is 17.3 Å². The Bertz CT molecular complexity index is 683. The van der Waals surface area contributed by atoms with Crippen LogP contribution in [-0.4, -0.2) is 30.5 Å². The van der Waals surface area contributed by atoms with Gasteiger partial charge in [0.25, 0.3) is 0 Å². The molecule has 0 saturated carbocycles. The molecule has 0 aliphatic carbocycles. The number of anilines is 1. The number of rotatable bonds is 3. The molecule has 20 heavy (non-hydrogen) atoms. The van der Waals surface area contributed by atoms with Crippen LogP contribution in [0.25, 0.3) is 10.8 Å². The summed E-state index contributed by atoms with van der Waals surface area (Å²) in [6.45, 7) is 1.98. The Kier molecular flexibility index (Phi) is 2.99. The van der Waals surface area contributed by atoms with Crippen molar-refractivity contribution in [2.45, 2.75) is 19.3 Å². The molecule has 104 valence electrons. The van der Waals surface area contributed by atoms with Crippen LogP contribution in [0.2, 0.25) is 0 Å². The van der Waals surface area contributed by atoms with Crippen molar-refractivity contribution in [1.82, 2.24) is 0 Å². The van der Waals surface area contributed by atoms with Gasteiger partial charge in [0, 0.05) is 5.69 Å². The molecule has 5 nitrogen and oxygen atoms in total. The van der Waals surface area contributed by atoms with Gasteiger partial charge in [-0.05, 0) is 42.0 Å². The maximum atomic E-state index is 11.8.